The molecule has 0 bridgehead atoms. The minimum atomic E-state index is -0.942. The topological polar surface area (TPSA) is 63.3 Å². The summed E-state index contributed by atoms with van der Waals surface area (Å²) in [5.74, 6) is -0.247. The second-order valence-corrected chi connectivity index (χ2v) is 6.06. The SMILES string of the molecule is O=C(O)c1ccc(-c2occc2-c2nc3ccccc3s2)cc1. The molecule has 0 atom stereocenters. The molecule has 1 N–H and O–H groups in total. The number of carboxylic acids is 1. The molecule has 0 saturated carbocycles. The van der Waals surface area contributed by atoms with E-state index < -0.39 is 5.97 Å². The number of aromatic nitrogens is 1. The summed E-state index contributed by atoms with van der Waals surface area (Å²) in [6, 6.07) is 16.5. The third kappa shape index (κ3) is 2.41. The lowest BCUT2D eigenvalue weighted by molar-refractivity contribution is 0.0697. The molecule has 0 aliphatic rings. The van der Waals surface area contributed by atoms with Crippen LogP contribution in [-0.4, -0.2) is 16.1 Å². The number of hydrogen-bond donors (Lipinski definition) is 1. The normalized spacial score (nSPS) is 11.0. The van der Waals surface area contributed by atoms with Gasteiger partial charge in [-0.25, -0.2) is 9.78 Å². The molecule has 4 nitrogen and oxygen atoms in total. The van der Waals surface area contributed by atoms with E-state index in [0.717, 1.165) is 26.4 Å². The molecule has 5 heteroatoms. The monoisotopic (exact) mass is 321 g/mol. The predicted molar refractivity (Wildman–Crippen MR) is 89.7 cm³/mol. The second kappa shape index (κ2) is 5.37. The van der Waals surface area contributed by atoms with Crippen molar-refractivity contribution in [3.63, 3.8) is 0 Å². The van der Waals surface area contributed by atoms with Crippen molar-refractivity contribution in [2.75, 3.05) is 0 Å². The van der Waals surface area contributed by atoms with Crippen LogP contribution in [0.4, 0.5) is 0 Å². The quantitative estimate of drug-likeness (QED) is 0.581. The van der Waals surface area contributed by atoms with E-state index in [9.17, 15) is 4.79 Å². The Kier molecular flexibility index (Phi) is 3.20. The number of furan rings is 1. The molecular formula is C18H11NO3S. The average Bonchev–Trinajstić information content (AvgIpc) is 3.21. The molecule has 0 aliphatic heterocycles. The molecule has 2 aromatic heterocycles. The van der Waals surface area contributed by atoms with Crippen molar-refractivity contribution in [2.45, 2.75) is 0 Å². The van der Waals surface area contributed by atoms with Gasteiger partial charge in [-0.2, -0.15) is 0 Å². The van der Waals surface area contributed by atoms with Crippen molar-refractivity contribution < 1.29 is 14.3 Å². The van der Waals surface area contributed by atoms with Crippen LogP contribution in [0, 0.1) is 0 Å². The van der Waals surface area contributed by atoms with E-state index in [4.69, 9.17) is 9.52 Å². The highest BCUT2D eigenvalue weighted by atomic mass is 32.1. The fraction of sp³-hybridized carbons (Fsp3) is 0. The van der Waals surface area contributed by atoms with Crippen molar-refractivity contribution in [1.82, 2.24) is 4.98 Å². The largest absolute Gasteiger partial charge is 0.478 e. The minimum Gasteiger partial charge on any atom is -0.478 e. The first kappa shape index (κ1) is 13.7. The fourth-order valence-corrected chi connectivity index (χ4v) is 3.44. The van der Waals surface area contributed by atoms with Gasteiger partial charge in [-0.05, 0) is 30.3 Å². The van der Waals surface area contributed by atoms with Crippen LogP contribution in [0.15, 0.2) is 65.3 Å². The van der Waals surface area contributed by atoms with Crippen molar-refractivity contribution in [1.29, 1.82) is 0 Å². The lowest BCUT2D eigenvalue weighted by Gasteiger charge is -2.01. The Bertz CT molecular complexity index is 965. The molecule has 112 valence electrons. The Hall–Kier alpha value is -2.92. The first-order chi connectivity index (χ1) is 11.2. The predicted octanol–water partition coefficient (Wildman–Crippen LogP) is 4.92. The molecule has 4 rings (SSSR count). The van der Waals surface area contributed by atoms with E-state index >= 15 is 0 Å². The number of hydrogen-bond acceptors (Lipinski definition) is 4. The third-order valence-corrected chi connectivity index (χ3v) is 4.65. The van der Waals surface area contributed by atoms with Crippen LogP contribution in [-0.2, 0) is 0 Å². The summed E-state index contributed by atoms with van der Waals surface area (Å²) in [6.45, 7) is 0. The Morgan fingerprint density at radius 1 is 1.04 bits per heavy atom. The van der Waals surface area contributed by atoms with Crippen molar-refractivity contribution in [3.05, 3.63) is 66.4 Å². The number of thiazole rings is 1. The van der Waals surface area contributed by atoms with Gasteiger partial charge in [0.25, 0.3) is 0 Å². The van der Waals surface area contributed by atoms with Gasteiger partial charge in [-0.3, -0.25) is 0 Å². The number of benzene rings is 2. The molecule has 0 spiro atoms. The van der Waals surface area contributed by atoms with Gasteiger partial charge in [-0.15, -0.1) is 11.3 Å². The fourth-order valence-electron chi connectivity index (χ4n) is 2.45. The zero-order valence-electron chi connectivity index (χ0n) is 11.9. The highest BCUT2D eigenvalue weighted by molar-refractivity contribution is 7.21. The van der Waals surface area contributed by atoms with E-state index in [0.29, 0.717) is 5.76 Å². The van der Waals surface area contributed by atoms with Gasteiger partial charge in [0.15, 0.2) is 0 Å². The third-order valence-electron chi connectivity index (χ3n) is 3.58. The molecule has 4 aromatic rings. The van der Waals surface area contributed by atoms with Gasteiger partial charge < -0.3 is 9.52 Å². The summed E-state index contributed by atoms with van der Waals surface area (Å²) < 4.78 is 6.74. The summed E-state index contributed by atoms with van der Waals surface area (Å²) in [4.78, 5) is 15.6. The van der Waals surface area contributed by atoms with Gasteiger partial charge >= 0.3 is 5.97 Å². The number of nitrogens with zero attached hydrogens (tertiary/aromatic N) is 1. The standard InChI is InChI=1S/C18H11NO3S/c20-18(21)12-7-5-11(6-8-12)16-13(9-10-22-16)17-19-14-3-1-2-4-15(14)23-17/h1-10H,(H,20,21). The maximum absolute atomic E-state index is 11.0. The number of carbonyl (C=O) groups is 1. The number of rotatable bonds is 3. The molecule has 0 unspecified atom stereocenters. The molecule has 2 aromatic carbocycles. The van der Waals surface area contributed by atoms with Gasteiger partial charge in [0, 0.05) is 5.56 Å². The maximum atomic E-state index is 11.0. The van der Waals surface area contributed by atoms with Crippen molar-refractivity contribution in [3.8, 4) is 21.9 Å². The summed E-state index contributed by atoms with van der Waals surface area (Å²) in [6.07, 6.45) is 1.63. The molecule has 23 heavy (non-hydrogen) atoms. The Labute approximate surface area is 135 Å². The van der Waals surface area contributed by atoms with E-state index in [1.54, 1.807) is 41.9 Å². The highest BCUT2D eigenvalue weighted by Gasteiger charge is 2.15. The zero-order chi connectivity index (χ0) is 15.8. The average molecular weight is 321 g/mol. The maximum Gasteiger partial charge on any atom is 0.335 e. The summed E-state index contributed by atoms with van der Waals surface area (Å²) in [5, 5.41) is 9.87. The number of aromatic carboxylic acids is 1. The van der Waals surface area contributed by atoms with Crippen molar-refractivity contribution in [2.24, 2.45) is 0 Å². The molecule has 0 saturated heterocycles. The van der Waals surface area contributed by atoms with Crippen LogP contribution < -0.4 is 0 Å². The first-order valence-corrected chi connectivity index (χ1v) is 7.81. The highest BCUT2D eigenvalue weighted by Crippen LogP contribution is 2.37. The Balaban J connectivity index is 1.80. The van der Waals surface area contributed by atoms with E-state index in [-0.39, 0.29) is 5.56 Å². The van der Waals surface area contributed by atoms with Gasteiger partial charge in [0.05, 0.1) is 27.6 Å². The van der Waals surface area contributed by atoms with E-state index in [1.165, 1.54) is 0 Å². The molecule has 0 amide bonds. The summed E-state index contributed by atoms with van der Waals surface area (Å²) in [5.41, 5.74) is 2.95. The van der Waals surface area contributed by atoms with E-state index in [2.05, 4.69) is 4.98 Å². The van der Waals surface area contributed by atoms with Gasteiger partial charge in [0.1, 0.15) is 10.8 Å². The number of para-hydroxylation sites is 1. The van der Waals surface area contributed by atoms with Crippen LogP contribution >= 0.6 is 11.3 Å². The Morgan fingerprint density at radius 2 is 1.83 bits per heavy atom. The molecule has 0 radical (unpaired) electrons. The summed E-state index contributed by atoms with van der Waals surface area (Å²) in [7, 11) is 0. The summed E-state index contributed by atoms with van der Waals surface area (Å²) >= 11 is 1.61. The van der Waals surface area contributed by atoms with Crippen molar-refractivity contribution >= 4 is 27.5 Å². The zero-order valence-corrected chi connectivity index (χ0v) is 12.7. The van der Waals surface area contributed by atoms with Gasteiger partial charge in [-0.1, -0.05) is 24.3 Å². The Morgan fingerprint density at radius 3 is 2.57 bits per heavy atom. The van der Waals surface area contributed by atoms with Crippen LogP contribution in [0.5, 0.6) is 0 Å². The van der Waals surface area contributed by atoms with Crippen LogP contribution in [0.3, 0.4) is 0 Å². The number of fused-ring (bicyclic) bond motifs is 1. The van der Waals surface area contributed by atoms with Gasteiger partial charge in [0.2, 0.25) is 0 Å². The van der Waals surface area contributed by atoms with Crippen LogP contribution in [0.2, 0.25) is 0 Å². The molecular weight excluding hydrogens is 310 g/mol. The lowest BCUT2D eigenvalue weighted by atomic mass is 10.1. The molecule has 0 fully saturated rings. The number of carboxylic acid groups (broad SMARTS) is 1. The van der Waals surface area contributed by atoms with E-state index in [1.807, 2.05) is 30.3 Å². The molecule has 0 aliphatic carbocycles. The lowest BCUT2D eigenvalue weighted by Crippen LogP contribution is -1.94. The molecule has 2 heterocycles. The smallest absolute Gasteiger partial charge is 0.335 e. The first-order valence-electron chi connectivity index (χ1n) is 6.99. The minimum absolute atomic E-state index is 0.252. The second-order valence-electron chi connectivity index (χ2n) is 5.03. The van der Waals surface area contributed by atoms with Crippen LogP contribution in [0.1, 0.15) is 10.4 Å². The van der Waals surface area contributed by atoms with Crippen LogP contribution in [0.25, 0.3) is 32.1 Å².